The van der Waals surface area contributed by atoms with Crippen LogP contribution >= 0.6 is 0 Å². The Labute approximate surface area is 93.4 Å². The van der Waals surface area contributed by atoms with Crippen LogP contribution in [0, 0.1) is 13.8 Å². The standard InChI is InChI=1S/C11H14N4O/c1-7-4-9-10(5-8(7)2)15(14-13-9)6-11(16)12-3/h4-5H,6H2,1-3H3,(H,12,16). The van der Waals surface area contributed by atoms with E-state index in [2.05, 4.69) is 15.6 Å². The molecule has 1 amide bonds. The van der Waals surface area contributed by atoms with E-state index in [1.807, 2.05) is 26.0 Å². The number of rotatable bonds is 2. The number of aryl methyl sites for hydroxylation is 2. The molecule has 0 aliphatic rings. The van der Waals surface area contributed by atoms with Crippen LogP contribution in [0.3, 0.4) is 0 Å². The molecule has 1 aromatic carbocycles. The van der Waals surface area contributed by atoms with Crippen molar-refractivity contribution in [2.75, 3.05) is 7.05 Å². The van der Waals surface area contributed by atoms with Gasteiger partial charge in [-0.1, -0.05) is 5.21 Å². The third kappa shape index (κ3) is 1.76. The Balaban J connectivity index is 2.48. The van der Waals surface area contributed by atoms with Gasteiger partial charge in [0.15, 0.2) is 0 Å². The fraction of sp³-hybridized carbons (Fsp3) is 0.364. The van der Waals surface area contributed by atoms with Crippen LogP contribution in [-0.4, -0.2) is 27.9 Å². The van der Waals surface area contributed by atoms with Crippen LogP contribution in [0.25, 0.3) is 11.0 Å². The van der Waals surface area contributed by atoms with Crippen molar-refractivity contribution in [2.45, 2.75) is 20.4 Å². The number of carbonyl (C=O) groups excluding carboxylic acids is 1. The Kier molecular flexibility index (Phi) is 2.60. The molecule has 2 aromatic rings. The van der Waals surface area contributed by atoms with Crippen LogP contribution in [0.5, 0.6) is 0 Å². The summed E-state index contributed by atoms with van der Waals surface area (Å²) in [6.07, 6.45) is 0. The van der Waals surface area contributed by atoms with Gasteiger partial charge < -0.3 is 5.32 Å². The number of benzene rings is 1. The second-order valence-electron chi connectivity index (χ2n) is 3.85. The van der Waals surface area contributed by atoms with E-state index in [1.165, 1.54) is 11.1 Å². The molecule has 0 atom stereocenters. The summed E-state index contributed by atoms with van der Waals surface area (Å²) in [5, 5.41) is 10.6. The number of hydrogen-bond donors (Lipinski definition) is 1. The zero-order valence-corrected chi connectivity index (χ0v) is 9.61. The van der Waals surface area contributed by atoms with Gasteiger partial charge in [0.1, 0.15) is 12.1 Å². The minimum absolute atomic E-state index is 0.0787. The van der Waals surface area contributed by atoms with Crippen LogP contribution in [0.15, 0.2) is 12.1 Å². The van der Waals surface area contributed by atoms with E-state index in [0.717, 1.165) is 11.0 Å². The summed E-state index contributed by atoms with van der Waals surface area (Å²) < 4.78 is 1.61. The van der Waals surface area contributed by atoms with Gasteiger partial charge >= 0.3 is 0 Å². The molecular formula is C11H14N4O. The van der Waals surface area contributed by atoms with Crippen molar-refractivity contribution < 1.29 is 4.79 Å². The summed E-state index contributed by atoms with van der Waals surface area (Å²) in [5.74, 6) is -0.0787. The molecule has 0 unspecified atom stereocenters. The van der Waals surface area contributed by atoms with Gasteiger partial charge in [-0.3, -0.25) is 4.79 Å². The number of nitrogens with one attached hydrogen (secondary N) is 1. The summed E-state index contributed by atoms with van der Waals surface area (Å²) in [5.41, 5.74) is 4.08. The van der Waals surface area contributed by atoms with Gasteiger partial charge in [0.2, 0.25) is 5.91 Å². The number of carbonyl (C=O) groups is 1. The lowest BCUT2D eigenvalue weighted by atomic mass is 10.1. The summed E-state index contributed by atoms with van der Waals surface area (Å²) in [6, 6.07) is 3.99. The van der Waals surface area contributed by atoms with Gasteiger partial charge in [-0.2, -0.15) is 0 Å². The zero-order chi connectivity index (χ0) is 11.7. The molecule has 0 aliphatic carbocycles. The molecule has 84 valence electrons. The van der Waals surface area contributed by atoms with E-state index in [9.17, 15) is 4.79 Å². The SMILES string of the molecule is CNC(=O)Cn1nnc2cc(C)c(C)cc21. The first-order valence-corrected chi connectivity index (χ1v) is 5.13. The predicted molar refractivity (Wildman–Crippen MR) is 61.1 cm³/mol. The highest BCUT2D eigenvalue weighted by Gasteiger charge is 2.08. The third-order valence-electron chi connectivity index (χ3n) is 2.70. The Morgan fingerprint density at radius 1 is 1.38 bits per heavy atom. The Morgan fingerprint density at radius 3 is 2.75 bits per heavy atom. The van der Waals surface area contributed by atoms with E-state index >= 15 is 0 Å². The normalized spacial score (nSPS) is 10.7. The number of likely N-dealkylation sites (N-methyl/N-ethyl adjacent to an activating group) is 1. The first-order valence-electron chi connectivity index (χ1n) is 5.13. The maximum atomic E-state index is 11.3. The summed E-state index contributed by atoms with van der Waals surface area (Å²) in [7, 11) is 1.61. The molecule has 0 saturated heterocycles. The van der Waals surface area contributed by atoms with Crippen molar-refractivity contribution in [3.63, 3.8) is 0 Å². The predicted octanol–water partition coefficient (Wildman–Crippen LogP) is 0.794. The molecule has 0 spiro atoms. The zero-order valence-electron chi connectivity index (χ0n) is 9.61. The molecule has 0 bridgehead atoms. The number of nitrogens with zero attached hydrogens (tertiary/aromatic N) is 3. The monoisotopic (exact) mass is 218 g/mol. The van der Waals surface area contributed by atoms with Gasteiger partial charge in [0.05, 0.1) is 5.52 Å². The van der Waals surface area contributed by atoms with E-state index in [0.29, 0.717) is 0 Å². The van der Waals surface area contributed by atoms with Crippen molar-refractivity contribution >= 4 is 16.9 Å². The van der Waals surface area contributed by atoms with Crippen LogP contribution in [0.4, 0.5) is 0 Å². The minimum Gasteiger partial charge on any atom is -0.358 e. The molecule has 5 nitrogen and oxygen atoms in total. The summed E-state index contributed by atoms with van der Waals surface area (Å²) in [6.45, 7) is 4.27. The van der Waals surface area contributed by atoms with Crippen LogP contribution in [0.1, 0.15) is 11.1 Å². The minimum atomic E-state index is -0.0787. The smallest absolute Gasteiger partial charge is 0.241 e. The summed E-state index contributed by atoms with van der Waals surface area (Å²) in [4.78, 5) is 11.3. The first-order chi connectivity index (χ1) is 7.61. The van der Waals surface area contributed by atoms with E-state index in [4.69, 9.17) is 0 Å². The molecule has 2 rings (SSSR count). The number of aromatic nitrogens is 3. The van der Waals surface area contributed by atoms with Crippen LogP contribution < -0.4 is 5.32 Å². The number of hydrogen-bond acceptors (Lipinski definition) is 3. The van der Waals surface area contributed by atoms with Crippen molar-refractivity contribution in [3.05, 3.63) is 23.3 Å². The lowest BCUT2D eigenvalue weighted by Crippen LogP contribution is -2.24. The highest BCUT2D eigenvalue weighted by Crippen LogP contribution is 2.16. The molecule has 0 saturated carbocycles. The summed E-state index contributed by atoms with van der Waals surface area (Å²) >= 11 is 0. The fourth-order valence-corrected chi connectivity index (χ4v) is 1.55. The molecule has 16 heavy (non-hydrogen) atoms. The highest BCUT2D eigenvalue weighted by atomic mass is 16.1. The van der Waals surface area contributed by atoms with Crippen molar-refractivity contribution in [1.29, 1.82) is 0 Å². The number of amides is 1. The third-order valence-corrected chi connectivity index (χ3v) is 2.70. The van der Waals surface area contributed by atoms with E-state index < -0.39 is 0 Å². The average Bonchev–Trinajstić information content (AvgIpc) is 2.62. The quantitative estimate of drug-likeness (QED) is 0.810. The Morgan fingerprint density at radius 2 is 2.06 bits per heavy atom. The maximum absolute atomic E-state index is 11.3. The van der Waals surface area contributed by atoms with Crippen molar-refractivity contribution in [3.8, 4) is 0 Å². The fourth-order valence-electron chi connectivity index (χ4n) is 1.55. The molecule has 1 aromatic heterocycles. The molecule has 1 heterocycles. The molecule has 0 aliphatic heterocycles. The number of fused-ring (bicyclic) bond motifs is 1. The van der Waals surface area contributed by atoms with E-state index in [-0.39, 0.29) is 12.5 Å². The molecule has 0 radical (unpaired) electrons. The second kappa shape index (κ2) is 3.92. The maximum Gasteiger partial charge on any atom is 0.241 e. The van der Waals surface area contributed by atoms with Gasteiger partial charge in [-0.05, 0) is 37.1 Å². The first kappa shape index (κ1) is 10.6. The molecule has 0 fully saturated rings. The van der Waals surface area contributed by atoms with Gasteiger partial charge in [-0.25, -0.2) is 4.68 Å². The topological polar surface area (TPSA) is 59.8 Å². The largest absolute Gasteiger partial charge is 0.358 e. The lowest BCUT2D eigenvalue weighted by molar-refractivity contribution is -0.121. The van der Waals surface area contributed by atoms with Gasteiger partial charge in [-0.15, -0.1) is 5.10 Å². The Bertz CT molecular complexity index is 544. The second-order valence-corrected chi connectivity index (χ2v) is 3.85. The molecular weight excluding hydrogens is 204 g/mol. The molecule has 5 heteroatoms. The lowest BCUT2D eigenvalue weighted by Gasteiger charge is -2.03. The average molecular weight is 218 g/mol. The molecule has 1 N–H and O–H groups in total. The highest BCUT2D eigenvalue weighted by molar-refractivity contribution is 5.80. The Hall–Kier alpha value is -1.91. The van der Waals surface area contributed by atoms with Gasteiger partial charge in [0, 0.05) is 7.05 Å². The van der Waals surface area contributed by atoms with Crippen LogP contribution in [-0.2, 0) is 11.3 Å². The van der Waals surface area contributed by atoms with Crippen molar-refractivity contribution in [2.24, 2.45) is 0 Å². The van der Waals surface area contributed by atoms with E-state index in [1.54, 1.807) is 11.7 Å². The van der Waals surface area contributed by atoms with Crippen molar-refractivity contribution in [1.82, 2.24) is 20.3 Å². The van der Waals surface area contributed by atoms with Gasteiger partial charge in [0.25, 0.3) is 0 Å². The van der Waals surface area contributed by atoms with Crippen LogP contribution in [0.2, 0.25) is 0 Å².